The monoisotopic (exact) mass is 233 g/mol. The van der Waals surface area contributed by atoms with Gasteiger partial charge in [0.15, 0.2) is 5.69 Å². The van der Waals surface area contributed by atoms with Gasteiger partial charge >= 0.3 is 0 Å². The normalized spacial score (nSPS) is 9.75. The fraction of sp³-hybridized carbons (Fsp3) is 0. The van der Waals surface area contributed by atoms with Gasteiger partial charge in [-0.05, 0) is 23.7 Å². The molecular weight excluding hydrogens is 226 g/mol. The van der Waals surface area contributed by atoms with Gasteiger partial charge in [-0.25, -0.2) is 0 Å². The molecule has 1 N–H and O–H groups in total. The summed E-state index contributed by atoms with van der Waals surface area (Å²) in [5, 5.41) is 7.82. The maximum Gasteiger partial charge on any atom is 0.277 e. The molecule has 0 aliphatic rings. The van der Waals surface area contributed by atoms with Crippen LogP contribution in [0.4, 0.5) is 5.69 Å². The molecule has 0 fully saturated rings. The zero-order valence-corrected chi connectivity index (χ0v) is 8.90. The second-order valence-corrected chi connectivity index (χ2v) is 3.60. The van der Waals surface area contributed by atoms with Crippen molar-refractivity contribution in [2.45, 2.75) is 0 Å². The van der Waals surface area contributed by atoms with Crippen molar-refractivity contribution in [3.63, 3.8) is 0 Å². The van der Waals surface area contributed by atoms with Gasteiger partial charge in [0.05, 0.1) is 0 Å². The van der Waals surface area contributed by atoms with Crippen LogP contribution in [0.2, 0.25) is 0 Å². The lowest BCUT2D eigenvalue weighted by Crippen LogP contribution is -2.12. The van der Waals surface area contributed by atoms with Crippen molar-refractivity contribution >= 4 is 29.4 Å². The van der Waals surface area contributed by atoms with Crippen molar-refractivity contribution in [2.24, 2.45) is 0 Å². The van der Waals surface area contributed by atoms with E-state index in [4.69, 9.17) is 0 Å². The Hall–Kier alpha value is -2.08. The molecule has 0 unspecified atom stereocenters. The van der Waals surface area contributed by atoms with E-state index in [-0.39, 0.29) is 11.6 Å². The molecule has 5 nitrogen and oxygen atoms in total. The zero-order valence-electron chi connectivity index (χ0n) is 8.08. The number of rotatable bonds is 3. The number of hydrogen-bond acceptors (Lipinski definition) is 5. The quantitative estimate of drug-likeness (QED) is 0.817. The number of hydrogen-bond donors (Lipinski definition) is 1. The number of benzene rings is 1. The molecule has 1 amide bonds. The Morgan fingerprint density at radius 2 is 2.31 bits per heavy atom. The van der Waals surface area contributed by atoms with Gasteiger partial charge < -0.3 is 5.32 Å². The third-order valence-corrected chi connectivity index (χ3v) is 2.38. The van der Waals surface area contributed by atoms with Gasteiger partial charge in [0.1, 0.15) is 6.29 Å². The third kappa shape index (κ3) is 2.29. The summed E-state index contributed by atoms with van der Waals surface area (Å²) in [6.45, 7) is 0. The summed E-state index contributed by atoms with van der Waals surface area (Å²) in [4.78, 5) is 22.1. The van der Waals surface area contributed by atoms with E-state index in [1.54, 1.807) is 29.6 Å². The summed E-state index contributed by atoms with van der Waals surface area (Å²) < 4.78 is 3.59. The van der Waals surface area contributed by atoms with Crippen LogP contribution in [-0.2, 0) is 0 Å². The molecule has 2 aromatic rings. The molecular formula is C10H7N3O2S. The Bertz CT molecular complexity index is 511. The Morgan fingerprint density at radius 3 is 3.00 bits per heavy atom. The summed E-state index contributed by atoms with van der Waals surface area (Å²) >= 11 is 1.11. The fourth-order valence-corrected chi connectivity index (χ4v) is 1.58. The van der Waals surface area contributed by atoms with Crippen LogP contribution in [0.5, 0.6) is 0 Å². The first kappa shape index (κ1) is 10.4. The highest BCUT2D eigenvalue weighted by atomic mass is 32.1. The Kier molecular flexibility index (Phi) is 3.02. The van der Waals surface area contributed by atoms with Gasteiger partial charge in [0.25, 0.3) is 5.91 Å². The number of nitrogens with one attached hydrogen (secondary N) is 1. The van der Waals surface area contributed by atoms with Crippen molar-refractivity contribution < 1.29 is 9.59 Å². The predicted octanol–water partition coefficient (Wildman–Crippen LogP) is 1.60. The topological polar surface area (TPSA) is 72.0 Å². The number of aromatic nitrogens is 2. The van der Waals surface area contributed by atoms with Crippen molar-refractivity contribution in [3.05, 3.63) is 40.9 Å². The van der Waals surface area contributed by atoms with Gasteiger partial charge in [0.2, 0.25) is 0 Å². The Labute approximate surface area is 95.3 Å². The molecule has 0 saturated heterocycles. The van der Waals surface area contributed by atoms with E-state index in [0.717, 1.165) is 17.8 Å². The van der Waals surface area contributed by atoms with E-state index in [1.807, 2.05) is 0 Å². The van der Waals surface area contributed by atoms with Crippen LogP contribution in [0.1, 0.15) is 20.8 Å². The summed E-state index contributed by atoms with van der Waals surface area (Å²) in [6.07, 6.45) is 0.722. The highest BCUT2D eigenvalue weighted by Crippen LogP contribution is 2.10. The van der Waals surface area contributed by atoms with Crippen molar-refractivity contribution in [2.75, 3.05) is 5.32 Å². The smallest absolute Gasteiger partial charge is 0.277 e. The lowest BCUT2D eigenvalue weighted by molar-refractivity contribution is 0.102. The molecule has 1 heterocycles. The van der Waals surface area contributed by atoms with Crippen LogP contribution in [0.3, 0.4) is 0 Å². The van der Waals surface area contributed by atoms with Crippen molar-refractivity contribution in [1.29, 1.82) is 0 Å². The van der Waals surface area contributed by atoms with Crippen LogP contribution in [0.15, 0.2) is 29.6 Å². The highest BCUT2D eigenvalue weighted by Gasteiger charge is 2.08. The van der Waals surface area contributed by atoms with Gasteiger partial charge in [-0.15, -0.1) is 5.10 Å². The minimum atomic E-state index is -0.336. The van der Waals surface area contributed by atoms with Crippen LogP contribution in [0, 0.1) is 0 Å². The van der Waals surface area contributed by atoms with Crippen LogP contribution < -0.4 is 5.32 Å². The van der Waals surface area contributed by atoms with Gasteiger partial charge in [0, 0.05) is 16.6 Å². The summed E-state index contributed by atoms with van der Waals surface area (Å²) in [5.74, 6) is -0.336. The molecule has 16 heavy (non-hydrogen) atoms. The summed E-state index contributed by atoms with van der Waals surface area (Å²) in [5.41, 5.74) is 1.33. The number of amides is 1. The predicted molar refractivity (Wildman–Crippen MR) is 59.7 cm³/mol. The molecule has 6 heteroatoms. The average Bonchev–Trinajstić information content (AvgIpc) is 2.83. The van der Waals surface area contributed by atoms with E-state index < -0.39 is 0 Å². The van der Waals surface area contributed by atoms with E-state index in [9.17, 15) is 9.59 Å². The Balaban J connectivity index is 2.15. The molecule has 80 valence electrons. The van der Waals surface area contributed by atoms with Crippen LogP contribution in [-0.4, -0.2) is 21.8 Å². The van der Waals surface area contributed by atoms with Crippen molar-refractivity contribution in [1.82, 2.24) is 9.59 Å². The van der Waals surface area contributed by atoms with Gasteiger partial charge in [-0.1, -0.05) is 16.6 Å². The number of aldehydes is 1. The molecule has 0 aliphatic carbocycles. The standard InChI is InChI=1S/C10H7N3O2S/c14-5-7-2-1-3-8(4-7)11-10(15)9-6-16-13-12-9/h1-6H,(H,11,15). The first-order valence-electron chi connectivity index (χ1n) is 4.43. The van der Waals surface area contributed by atoms with Crippen LogP contribution >= 0.6 is 11.5 Å². The highest BCUT2D eigenvalue weighted by molar-refractivity contribution is 7.03. The van der Waals surface area contributed by atoms with Gasteiger partial charge in [-0.3, -0.25) is 9.59 Å². The zero-order chi connectivity index (χ0) is 11.4. The minimum absolute atomic E-state index is 0.265. The molecule has 1 aromatic heterocycles. The molecule has 0 bridgehead atoms. The van der Waals surface area contributed by atoms with Gasteiger partial charge in [-0.2, -0.15) is 0 Å². The largest absolute Gasteiger partial charge is 0.321 e. The molecule has 0 aliphatic heterocycles. The third-order valence-electron chi connectivity index (χ3n) is 1.87. The van der Waals surface area contributed by atoms with E-state index in [2.05, 4.69) is 14.9 Å². The lowest BCUT2D eigenvalue weighted by Gasteiger charge is -2.02. The van der Waals surface area contributed by atoms with E-state index >= 15 is 0 Å². The number of carbonyl (C=O) groups is 2. The number of anilines is 1. The number of carbonyl (C=O) groups excluding carboxylic acids is 2. The fourth-order valence-electron chi connectivity index (χ4n) is 1.15. The van der Waals surface area contributed by atoms with Crippen LogP contribution in [0.25, 0.3) is 0 Å². The molecule has 0 atom stereocenters. The number of nitrogens with zero attached hydrogens (tertiary/aromatic N) is 2. The minimum Gasteiger partial charge on any atom is -0.321 e. The average molecular weight is 233 g/mol. The molecule has 0 spiro atoms. The molecule has 1 aromatic carbocycles. The molecule has 0 saturated carbocycles. The lowest BCUT2D eigenvalue weighted by atomic mass is 10.2. The Morgan fingerprint density at radius 1 is 1.44 bits per heavy atom. The SMILES string of the molecule is O=Cc1cccc(NC(=O)c2csnn2)c1. The first-order valence-corrected chi connectivity index (χ1v) is 5.27. The second-order valence-electron chi connectivity index (χ2n) is 2.99. The molecule has 2 rings (SSSR count). The van der Waals surface area contributed by atoms with E-state index in [0.29, 0.717) is 11.3 Å². The maximum absolute atomic E-state index is 11.6. The summed E-state index contributed by atoms with van der Waals surface area (Å²) in [6, 6.07) is 6.64. The second kappa shape index (κ2) is 4.63. The van der Waals surface area contributed by atoms with E-state index in [1.165, 1.54) is 0 Å². The summed E-state index contributed by atoms with van der Waals surface area (Å²) in [7, 11) is 0. The first-order chi connectivity index (χ1) is 7.79. The maximum atomic E-state index is 11.6. The molecule has 0 radical (unpaired) electrons. The van der Waals surface area contributed by atoms with Crippen molar-refractivity contribution in [3.8, 4) is 0 Å².